The highest BCUT2D eigenvalue weighted by Gasteiger charge is 2.19. The minimum absolute atomic E-state index is 0.558. The number of nitrogens with zero attached hydrogens (tertiary/aromatic N) is 3. The maximum absolute atomic E-state index is 9.55. The maximum Gasteiger partial charge on any atom is 0.328 e. The summed E-state index contributed by atoms with van der Waals surface area (Å²) >= 11 is 0. The van der Waals surface area contributed by atoms with Gasteiger partial charge in [-0.1, -0.05) is 18.2 Å². The van der Waals surface area contributed by atoms with Crippen molar-refractivity contribution >= 4 is 17.6 Å². The number of benzene rings is 1. The molecule has 3 N–H and O–H groups in total. The Balaban J connectivity index is 0.000000312. The number of fused-ring (bicyclic) bond motifs is 1. The van der Waals surface area contributed by atoms with Crippen LogP contribution in [-0.2, 0) is 28.9 Å². The van der Waals surface area contributed by atoms with Crippen molar-refractivity contribution in [2.24, 2.45) is 0 Å². The van der Waals surface area contributed by atoms with Gasteiger partial charge in [-0.15, -0.1) is 0 Å². The molecule has 1 aromatic carbocycles. The number of carboxylic acid groups (broad SMARTS) is 2. The van der Waals surface area contributed by atoms with Gasteiger partial charge in [-0.05, 0) is 62.8 Å². The standard InChI is InChI=1S/C20H28N4.C4H4O4/c1-2-7-17(8-3-1)24-15-13-23(14-16-24)12-6-11-20-18-9-4-5-10-19(18)21-22-20;5-3(6)1-2-4(7)8/h1-3,7-8H,4-6,9-16H2,(H,21,22);1-2H,(H,5,6)(H,7,8)/b;2-1-. The summed E-state index contributed by atoms with van der Waals surface area (Å²) in [5.74, 6) is -2.51. The third kappa shape index (κ3) is 7.23. The number of aromatic nitrogens is 2. The van der Waals surface area contributed by atoms with Crippen LogP contribution < -0.4 is 4.90 Å². The summed E-state index contributed by atoms with van der Waals surface area (Å²) in [5.41, 5.74) is 5.65. The lowest BCUT2D eigenvalue weighted by Crippen LogP contribution is -2.46. The summed E-state index contributed by atoms with van der Waals surface area (Å²) in [6, 6.07) is 10.8. The second-order valence-electron chi connectivity index (χ2n) is 8.11. The van der Waals surface area contributed by atoms with E-state index >= 15 is 0 Å². The van der Waals surface area contributed by atoms with E-state index in [-0.39, 0.29) is 0 Å². The van der Waals surface area contributed by atoms with Gasteiger partial charge in [-0.25, -0.2) is 9.59 Å². The fourth-order valence-corrected chi connectivity index (χ4v) is 4.24. The van der Waals surface area contributed by atoms with Crippen molar-refractivity contribution in [3.8, 4) is 0 Å². The maximum atomic E-state index is 9.55. The molecule has 0 radical (unpaired) electrons. The second-order valence-corrected chi connectivity index (χ2v) is 8.11. The number of aromatic amines is 1. The molecule has 0 saturated carbocycles. The summed E-state index contributed by atoms with van der Waals surface area (Å²) in [6.45, 7) is 5.84. The van der Waals surface area contributed by atoms with Gasteiger partial charge in [-0.3, -0.25) is 10.00 Å². The highest BCUT2D eigenvalue weighted by atomic mass is 16.4. The Morgan fingerprint density at radius 1 is 0.969 bits per heavy atom. The molecule has 32 heavy (non-hydrogen) atoms. The molecule has 1 aliphatic heterocycles. The van der Waals surface area contributed by atoms with E-state index in [4.69, 9.17) is 10.2 Å². The Hall–Kier alpha value is -3.13. The monoisotopic (exact) mass is 440 g/mol. The number of nitrogens with one attached hydrogen (secondary N) is 1. The number of hydrogen-bond acceptors (Lipinski definition) is 5. The van der Waals surface area contributed by atoms with Crippen LogP contribution in [0.3, 0.4) is 0 Å². The third-order valence-corrected chi connectivity index (χ3v) is 5.89. The average molecular weight is 441 g/mol. The van der Waals surface area contributed by atoms with Gasteiger partial charge < -0.3 is 15.1 Å². The molecule has 172 valence electrons. The van der Waals surface area contributed by atoms with Gasteiger partial charge in [0.25, 0.3) is 0 Å². The first-order valence-electron chi connectivity index (χ1n) is 11.2. The number of H-pyrrole nitrogens is 1. The molecule has 8 heteroatoms. The predicted molar refractivity (Wildman–Crippen MR) is 123 cm³/mol. The van der Waals surface area contributed by atoms with E-state index in [1.54, 1.807) is 0 Å². The van der Waals surface area contributed by atoms with E-state index in [9.17, 15) is 9.59 Å². The fraction of sp³-hybridized carbons (Fsp3) is 0.458. The van der Waals surface area contributed by atoms with Crippen molar-refractivity contribution < 1.29 is 19.8 Å². The molecule has 1 saturated heterocycles. The summed E-state index contributed by atoms with van der Waals surface area (Å²) < 4.78 is 0. The zero-order valence-corrected chi connectivity index (χ0v) is 18.4. The summed E-state index contributed by atoms with van der Waals surface area (Å²) in [7, 11) is 0. The van der Waals surface area contributed by atoms with Crippen molar-refractivity contribution in [2.75, 3.05) is 37.6 Å². The van der Waals surface area contributed by atoms with E-state index in [0.29, 0.717) is 12.2 Å². The van der Waals surface area contributed by atoms with Crippen LogP contribution in [0.15, 0.2) is 42.5 Å². The average Bonchev–Trinajstić information content (AvgIpc) is 3.22. The Bertz CT molecular complexity index is 886. The van der Waals surface area contributed by atoms with E-state index < -0.39 is 11.9 Å². The SMILES string of the molecule is O=C(O)/C=C\C(=O)O.c1ccc(N2CCN(CCCc3[nH]nc4c3CCCC4)CC2)cc1. The lowest BCUT2D eigenvalue weighted by molar-refractivity contribution is -0.134. The summed E-state index contributed by atoms with van der Waals surface area (Å²) in [6.07, 6.45) is 8.56. The van der Waals surface area contributed by atoms with Crippen LogP contribution >= 0.6 is 0 Å². The second kappa shape index (κ2) is 12.0. The Morgan fingerprint density at radius 3 is 2.28 bits per heavy atom. The summed E-state index contributed by atoms with van der Waals surface area (Å²) in [5, 5.41) is 23.5. The van der Waals surface area contributed by atoms with Crippen LogP contribution in [0.5, 0.6) is 0 Å². The molecular formula is C24H32N4O4. The Morgan fingerprint density at radius 2 is 1.62 bits per heavy atom. The molecule has 2 aromatic rings. The number of para-hydroxylation sites is 1. The molecule has 0 amide bonds. The molecule has 0 unspecified atom stereocenters. The van der Waals surface area contributed by atoms with Crippen molar-refractivity contribution in [1.82, 2.24) is 15.1 Å². The summed E-state index contributed by atoms with van der Waals surface area (Å²) in [4.78, 5) is 24.2. The number of carbonyl (C=O) groups is 2. The van der Waals surface area contributed by atoms with Gasteiger partial charge in [-0.2, -0.15) is 5.10 Å². The molecule has 8 nitrogen and oxygen atoms in total. The zero-order valence-electron chi connectivity index (χ0n) is 18.4. The zero-order chi connectivity index (χ0) is 22.8. The number of piperazine rings is 1. The highest BCUT2D eigenvalue weighted by molar-refractivity contribution is 5.89. The molecule has 1 aliphatic carbocycles. The first kappa shape index (κ1) is 23.5. The first-order valence-corrected chi connectivity index (χ1v) is 11.2. The largest absolute Gasteiger partial charge is 0.478 e. The molecule has 1 fully saturated rings. The van der Waals surface area contributed by atoms with Crippen molar-refractivity contribution in [3.63, 3.8) is 0 Å². The van der Waals surface area contributed by atoms with Gasteiger partial charge in [0.2, 0.25) is 0 Å². The number of carboxylic acids is 2. The minimum atomic E-state index is -1.26. The van der Waals surface area contributed by atoms with Crippen LogP contribution in [0.1, 0.15) is 36.2 Å². The molecule has 0 spiro atoms. The lowest BCUT2D eigenvalue weighted by Gasteiger charge is -2.36. The molecule has 0 atom stereocenters. The Kier molecular flexibility index (Phi) is 8.86. The topological polar surface area (TPSA) is 110 Å². The number of hydrogen-bond donors (Lipinski definition) is 3. The van der Waals surface area contributed by atoms with Crippen LogP contribution in [0.4, 0.5) is 5.69 Å². The highest BCUT2D eigenvalue weighted by Crippen LogP contribution is 2.23. The molecule has 0 bridgehead atoms. The third-order valence-electron chi connectivity index (χ3n) is 5.89. The van der Waals surface area contributed by atoms with Gasteiger partial charge in [0.05, 0.1) is 5.69 Å². The predicted octanol–water partition coefficient (Wildman–Crippen LogP) is 2.76. The number of anilines is 1. The van der Waals surface area contributed by atoms with Crippen LogP contribution in [-0.4, -0.2) is 70.0 Å². The van der Waals surface area contributed by atoms with Crippen molar-refractivity contribution in [1.29, 1.82) is 0 Å². The minimum Gasteiger partial charge on any atom is -0.478 e. The van der Waals surface area contributed by atoms with E-state index in [1.807, 2.05) is 0 Å². The fourth-order valence-electron chi connectivity index (χ4n) is 4.24. The number of aryl methyl sites for hydroxylation is 2. The number of aliphatic carboxylic acids is 2. The molecular weight excluding hydrogens is 408 g/mol. The molecule has 2 aliphatic rings. The van der Waals surface area contributed by atoms with Gasteiger partial charge in [0, 0.05) is 49.7 Å². The smallest absolute Gasteiger partial charge is 0.328 e. The number of rotatable bonds is 7. The van der Waals surface area contributed by atoms with Crippen LogP contribution in [0, 0.1) is 0 Å². The van der Waals surface area contributed by atoms with Gasteiger partial charge in [0.1, 0.15) is 0 Å². The van der Waals surface area contributed by atoms with Crippen LogP contribution in [0.25, 0.3) is 0 Å². The quantitative estimate of drug-likeness (QED) is 0.568. The molecule has 4 rings (SSSR count). The normalized spacial score (nSPS) is 16.3. The molecule has 2 heterocycles. The van der Waals surface area contributed by atoms with Gasteiger partial charge >= 0.3 is 11.9 Å². The Labute approximate surface area is 188 Å². The van der Waals surface area contributed by atoms with E-state index in [1.165, 1.54) is 74.4 Å². The van der Waals surface area contributed by atoms with Crippen molar-refractivity contribution in [2.45, 2.75) is 38.5 Å². The van der Waals surface area contributed by atoms with E-state index in [0.717, 1.165) is 19.5 Å². The van der Waals surface area contributed by atoms with E-state index in [2.05, 4.69) is 50.3 Å². The van der Waals surface area contributed by atoms with Crippen LogP contribution in [0.2, 0.25) is 0 Å². The lowest BCUT2D eigenvalue weighted by atomic mass is 9.94. The van der Waals surface area contributed by atoms with Crippen molar-refractivity contribution in [3.05, 3.63) is 59.4 Å². The van der Waals surface area contributed by atoms with Gasteiger partial charge in [0.15, 0.2) is 0 Å². The molecule has 1 aromatic heterocycles. The first-order chi connectivity index (χ1) is 15.5.